The van der Waals surface area contributed by atoms with Gasteiger partial charge in [-0.15, -0.1) is 0 Å². The molecule has 0 spiro atoms. The molecule has 1 aliphatic rings. The lowest BCUT2D eigenvalue weighted by Gasteiger charge is -2.33. The molecule has 1 aliphatic heterocycles. The summed E-state index contributed by atoms with van der Waals surface area (Å²) in [4.78, 5) is 2.58. The molecule has 100 valence electrons. The van der Waals surface area contributed by atoms with Crippen molar-refractivity contribution in [3.8, 4) is 0 Å². The third-order valence-electron chi connectivity index (χ3n) is 3.54. The molecule has 0 radical (unpaired) electrons. The van der Waals surface area contributed by atoms with Gasteiger partial charge in [-0.25, -0.2) is 0 Å². The average Bonchev–Trinajstić information content (AvgIpc) is 2.29. The Hall–Kier alpha value is -0.340. The third kappa shape index (κ3) is 6.23. The van der Waals surface area contributed by atoms with Crippen LogP contribution in [0.4, 0.5) is 0 Å². The Balaban J connectivity index is 2.21. The van der Waals surface area contributed by atoms with E-state index in [1.54, 1.807) is 0 Å². The topological polar surface area (TPSA) is 15.3 Å². The van der Waals surface area contributed by atoms with Gasteiger partial charge in [0.15, 0.2) is 0 Å². The van der Waals surface area contributed by atoms with Crippen molar-refractivity contribution in [3.63, 3.8) is 0 Å². The Kier molecular flexibility index (Phi) is 6.83. The number of hydrogen-bond acceptors (Lipinski definition) is 2. The minimum absolute atomic E-state index is 0.759. The Bertz CT molecular complexity index is 223. The van der Waals surface area contributed by atoms with Gasteiger partial charge in [-0.3, -0.25) is 4.90 Å². The van der Waals surface area contributed by atoms with Gasteiger partial charge in [-0.1, -0.05) is 32.9 Å². The largest absolute Gasteiger partial charge is 0.316 e. The normalized spacial score (nSPS) is 22.0. The summed E-state index contributed by atoms with van der Waals surface area (Å²) in [6, 6.07) is 0. The molecule has 0 amide bonds. The molecule has 1 heterocycles. The second kappa shape index (κ2) is 7.88. The van der Waals surface area contributed by atoms with Crippen LogP contribution in [0.2, 0.25) is 0 Å². The summed E-state index contributed by atoms with van der Waals surface area (Å²) >= 11 is 0. The average molecular weight is 238 g/mol. The molecular weight excluding hydrogens is 208 g/mol. The van der Waals surface area contributed by atoms with E-state index in [-0.39, 0.29) is 0 Å². The molecule has 1 N–H and O–H groups in total. The number of nitrogens with zero attached hydrogens (tertiary/aromatic N) is 1. The number of rotatable bonds is 7. The van der Waals surface area contributed by atoms with E-state index >= 15 is 0 Å². The van der Waals surface area contributed by atoms with Crippen LogP contribution in [0.3, 0.4) is 0 Å². The molecule has 0 bridgehead atoms. The van der Waals surface area contributed by atoms with E-state index < -0.39 is 0 Å². The number of likely N-dealkylation sites (tertiary alicyclic amines) is 1. The van der Waals surface area contributed by atoms with Crippen molar-refractivity contribution in [2.45, 2.75) is 40.0 Å². The molecule has 0 aromatic rings. The maximum Gasteiger partial charge on any atom is 0.0190 e. The van der Waals surface area contributed by atoms with Crippen LogP contribution < -0.4 is 5.32 Å². The smallest absolute Gasteiger partial charge is 0.0190 e. The molecule has 17 heavy (non-hydrogen) atoms. The second-order valence-corrected chi connectivity index (χ2v) is 5.90. The second-order valence-electron chi connectivity index (χ2n) is 5.90. The first kappa shape index (κ1) is 14.7. The predicted octanol–water partition coefficient (Wildman–Crippen LogP) is 2.91. The zero-order chi connectivity index (χ0) is 12.7. The van der Waals surface area contributed by atoms with E-state index in [0.29, 0.717) is 0 Å². The monoisotopic (exact) mass is 238 g/mol. The molecule has 0 saturated carbocycles. The van der Waals surface area contributed by atoms with Crippen LogP contribution in [0.15, 0.2) is 12.2 Å². The molecule has 2 heteroatoms. The summed E-state index contributed by atoms with van der Waals surface area (Å²) in [5.41, 5.74) is 1.38. The molecule has 0 aliphatic carbocycles. The van der Waals surface area contributed by atoms with Crippen molar-refractivity contribution in [1.82, 2.24) is 10.2 Å². The molecule has 1 atom stereocenters. The summed E-state index contributed by atoms with van der Waals surface area (Å²) in [6.07, 6.45) is 3.86. The van der Waals surface area contributed by atoms with E-state index in [0.717, 1.165) is 31.3 Å². The van der Waals surface area contributed by atoms with Crippen LogP contribution >= 0.6 is 0 Å². The highest BCUT2D eigenvalue weighted by atomic mass is 15.1. The zero-order valence-corrected chi connectivity index (χ0v) is 12.0. The fraction of sp³-hybridized carbons (Fsp3) is 0.867. The first-order valence-corrected chi connectivity index (χ1v) is 7.21. The fourth-order valence-electron chi connectivity index (χ4n) is 2.47. The van der Waals surface area contributed by atoms with E-state index in [1.807, 2.05) is 0 Å². The van der Waals surface area contributed by atoms with Crippen LogP contribution in [0.25, 0.3) is 0 Å². The van der Waals surface area contributed by atoms with Crippen LogP contribution in [-0.4, -0.2) is 37.6 Å². The molecule has 1 saturated heterocycles. The molecule has 2 nitrogen and oxygen atoms in total. The quantitative estimate of drug-likeness (QED) is 0.686. The Morgan fingerprint density at radius 2 is 2.24 bits per heavy atom. The Morgan fingerprint density at radius 3 is 2.88 bits per heavy atom. The van der Waals surface area contributed by atoms with Crippen LogP contribution in [0.5, 0.6) is 0 Å². The van der Waals surface area contributed by atoms with Gasteiger partial charge in [0.1, 0.15) is 0 Å². The van der Waals surface area contributed by atoms with Crippen molar-refractivity contribution in [1.29, 1.82) is 0 Å². The Morgan fingerprint density at radius 1 is 1.47 bits per heavy atom. The molecule has 0 aromatic heterocycles. The summed E-state index contributed by atoms with van der Waals surface area (Å²) in [5, 5.41) is 3.59. The third-order valence-corrected chi connectivity index (χ3v) is 3.54. The SMILES string of the molecule is C=C(CC)CN1CCCC(CNCC(C)C)C1. The molecule has 0 aromatic carbocycles. The van der Waals surface area contributed by atoms with E-state index in [2.05, 4.69) is 37.6 Å². The lowest BCUT2D eigenvalue weighted by Crippen LogP contribution is -2.40. The summed E-state index contributed by atoms with van der Waals surface area (Å²) < 4.78 is 0. The highest BCUT2D eigenvalue weighted by Crippen LogP contribution is 2.17. The van der Waals surface area contributed by atoms with Gasteiger partial charge in [0.05, 0.1) is 0 Å². The highest BCUT2D eigenvalue weighted by molar-refractivity contribution is 4.96. The minimum atomic E-state index is 0.759. The minimum Gasteiger partial charge on any atom is -0.316 e. The molecule has 1 fully saturated rings. The van der Waals surface area contributed by atoms with E-state index in [4.69, 9.17) is 0 Å². The van der Waals surface area contributed by atoms with Gasteiger partial charge < -0.3 is 5.32 Å². The molecule has 1 rings (SSSR count). The maximum atomic E-state index is 4.12. The zero-order valence-electron chi connectivity index (χ0n) is 12.0. The van der Waals surface area contributed by atoms with Crippen molar-refractivity contribution in [3.05, 3.63) is 12.2 Å². The standard InChI is InChI=1S/C15H30N2/c1-5-14(4)11-17-8-6-7-15(12-17)10-16-9-13(2)3/h13,15-16H,4-12H2,1-3H3. The number of nitrogens with one attached hydrogen (secondary N) is 1. The van der Waals surface area contributed by atoms with Gasteiger partial charge >= 0.3 is 0 Å². The lowest BCUT2D eigenvalue weighted by molar-refractivity contribution is 0.183. The summed E-state index contributed by atoms with van der Waals surface area (Å²) in [6.45, 7) is 16.8. The Labute approximate surface area is 107 Å². The van der Waals surface area contributed by atoms with Crippen LogP contribution in [-0.2, 0) is 0 Å². The first-order chi connectivity index (χ1) is 8.11. The van der Waals surface area contributed by atoms with Gasteiger partial charge in [0, 0.05) is 13.1 Å². The predicted molar refractivity (Wildman–Crippen MR) is 76.3 cm³/mol. The van der Waals surface area contributed by atoms with Gasteiger partial charge in [0.25, 0.3) is 0 Å². The van der Waals surface area contributed by atoms with Crippen LogP contribution in [0, 0.1) is 11.8 Å². The fourth-order valence-corrected chi connectivity index (χ4v) is 2.47. The molecule has 1 unspecified atom stereocenters. The number of hydrogen-bond donors (Lipinski definition) is 1. The van der Waals surface area contributed by atoms with Gasteiger partial charge in [0.2, 0.25) is 0 Å². The lowest BCUT2D eigenvalue weighted by atomic mass is 9.97. The summed E-state index contributed by atoms with van der Waals surface area (Å²) in [7, 11) is 0. The van der Waals surface area contributed by atoms with Gasteiger partial charge in [-0.2, -0.15) is 0 Å². The highest BCUT2D eigenvalue weighted by Gasteiger charge is 2.19. The van der Waals surface area contributed by atoms with Gasteiger partial charge in [-0.05, 0) is 50.7 Å². The van der Waals surface area contributed by atoms with Crippen LogP contribution in [0.1, 0.15) is 40.0 Å². The molecular formula is C15H30N2. The van der Waals surface area contributed by atoms with Crippen molar-refractivity contribution >= 4 is 0 Å². The first-order valence-electron chi connectivity index (χ1n) is 7.21. The van der Waals surface area contributed by atoms with E-state index in [1.165, 1.54) is 38.0 Å². The maximum absolute atomic E-state index is 4.12. The number of piperidine rings is 1. The van der Waals surface area contributed by atoms with Crippen molar-refractivity contribution < 1.29 is 0 Å². The summed E-state index contributed by atoms with van der Waals surface area (Å²) in [5.74, 6) is 1.60. The van der Waals surface area contributed by atoms with Crippen molar-refractivity contribution in [2.75, 3.05) is 32.7 Å². The van der Waals surface area contributed by atoms with E-state index in [9.17, 15) is 0 Å². The van der Waals surface area contributed by atoms with Crippen molar-refractivity contribution in [2.24, 2.45) is 11.8 Å².